The van der Waals surface area contributed by atoms with E-state index in [0.717, 1.165) is 34.4 Å². The summed E-state index contributed by atoms with van der Waals surface area (Å²) in [6.45, 7) is 10.8. The van der Waals surface area contributed by atoms with Crippen LogP contribution in [-0.2, 0) is 11.3 Å². The van der Waals surface area contributed by atoms with Crippen molar-refractivity contribution in [3.63, 3.8) is 0 Å². The normalized spacial score (nSPS) is 16.7. The highest BCUT2D eigenvalue weighted by Crippen LogP contribution is 2.33. The number of amidine groups is 1. The smallest absolute Gasteiger partial charge is 0.264 e. The van der Waals surface area contributed by atoms with E-state index in [0.29, 0.717) is 10.1 Å². The number of allylic oxidation sites excluding steroid dienone is 1. The predicted octanol–water partition coefficient (Wildman–Crippen LogP) is 5.64. The standard InChI is InChI=1S/C24H23N3OS/c1-5-12-27-17(4)20(19-8-6-7-9-21(19)27)14-22-23(28)26-24(29-22)25-18-11-10-15(2)16(3)13-18/h5-11,13-14H,1,12H2,2-4H3,(H,25,26,28). The Kier molecular flexibility index (Phi) is 5.16. The molecule has 1 amide bonds. The Balaban J connectivity index is 1.71. The van der Waals surface area contributed by atoms with Crippen LogP contribution in [0.1, 0.15) is 22.4 Å². The largest absolute Gasteiger partial charge is 0.340 e. The number of aliphatic imine (C=N–C) groups is 1. The summed E-state index contributed by atoms with van der Waals surface area (Å²) in [4.78, 5) is 17.8. The number of hydrogen-bond donors (Lipinski definition) is 1. The van der Waals surface area contributed by atoms with E-state index >= 15 is 0 Å². The van der Waals surface area contributed by atoms with Crippen LogP contribution < -0.4 is 5.32 Å². The van der Waals surface area contributed by atoms with Crippen LogP contribution in [0.3, 0.4) is 0 Å². The lowest BCUT2D eigenvalue weighted by molar-refractivity contribution is -0.115. The second kappa shape index (κ2) is 7.76. The van der Waals surface area contributed by atoms with Gasteiger partial charge >= 0.3 is 0 Å². The fourth-order valence-electron chi connectivity index (χ4n) is 3.53. The number of nitrogens with one attached hydrogen (secondary N) is 1. The Labute approximate surface area is 175 Å². The summed E-state index contributed by atoms with van der Waals surface area (Å²) in [5, 5.41) is 4.63. The fourth-order valence-corrected chi connectivity index (χ4v) is 4.35. The molecule has 0 saturated carbocycles. The number of carbonyl (C=O) groups excluding carboxylic acids is 1. The Morgan fingerprint density at radius 1 is 1.14 bits per heavy atom. The molecule has 0 aliphatic carbocycles. The van der Waals surface area contributed by atoms with E-state index in [1.54, 1.807) is 0 Å². The van der Waals surface area contributed by atoms with E-state index in [-0.39, 0.29) is 5.91 Å². The summed E-state index contributed by atoms with van der Waals surface area (Å²) < 4.78 is 2.22. The third-order valence-corrected chi connectivity index (χ3v) is 6.15. The van der Waals surface area contributed by atoms with Gasteiger partial charge in [0.2, 0.25) is 0 Å². The van der Waals surface area contributed by atoms with Gasteiger partial charge in [0.05, 0.1) is 10.6 Å². The first-order valence-corrected chi connectivity index (χ1v) is 10.3. The van der Waals surface area contributed by atoms with E-state index in [2.05, 4.69) is 54.4 Å². The lowest BCUT2D eigenvalue weighted by Crippen LogP contribution is -2.19. The molecule has 2 heterocycles. The van der Waals surface area contributed by atoms with E-state index in [4.69, 9.17) is 0 Å². The zero-order valence-corrected chi connectivity index (χ0v) is 17.6. The predicted molar refractivity (Wildman–Crippen MR) is 124 cm³/mol. The van der Waals surface area contributed by atoms with Gasteiger partial charge in [-0.1, -0.05) is 30.3 Å². The number of benzene rings is 2. The van der Waals surface area contributed by atoms with Crippen molar-refractivity contribution in [3.05, 3.63) is 82.4 Å². The first-order chi connectivity index (χ1) is 14.0. The van der Waals surface area contributed by atoms with Crippen LogP contribution in [0, 0.1) is 20.8 Å². The zero-order valence-electron chi connectivity index (χ0n) is 16.8. The minimum absolute atomic E-state index is 0.113. The molecule has 146 valence electrons. The van der Waals surface area contributed by atoms with Gasteiger partial charge in [0.25, 0.3) is 5.91 Å². The van der Waals surface area contributed by atoms with Gasteiger partial charge in [-0.25, -0.2) is 4.99 Å². The fraction of sp³-hybridized carbons (Fsp3) is 0.167. The maximum atomic E-state index is 12.6. The molecule has 4 nitrogen and oxygen atoms in total. The minimum Gasteiger partial charge on any atom is -0.340 e. The number of para-hydroxylation sites is 1. The van der Waals surface area contributed by atoms with Crippen LogP contribution in [0.5, 0.6) is 0 Å². The van der Waals surface area contributed by atoms with Crippen molar-refractivity contribution in [3.8, 4) is 0 Å². The number of aromatic nitrogens is 1. The Morgan fingerprint density at radius 3 is 2.69 bits per heavy atom. The topological polar surface area (TPSA) is 46.4 Å². The van der Waals surface area contributed by atoms with Gasteiger partial charge in [0.1, 0.15) is 0 Å². The number of fused-ring (bicyclic) bond motifs is 1. The molecule has 1 aliphatic rings. The summed E-state index contributed by atoms with van der Waals surface area (Å²) in [5.74, 6) is -0.113. The number of aryl methyl sites for hydroxylation is 2. The number of amides is 1. The van der Waals surface area contributed by atoms with E-state index in [1.165, 1.54) is 22.9 Å². The highest BCUT2D eigenvalue weighted by molar-refractivity contribution is 8.18. The highest BCUT2D eigenvalue weighted by atomic mass is 32.2. The molecule has 2 aromatic carbocycles. The molecule has 1 aromatic heterocycles. The van der Waals surface area contributed by atoms with Crippen molar-refractivity contribution >= 4 is 45.5 Å². The summed E-state index contributed by atoms with van der Waals surface area (Å²) in [6, 6.07) is 14.3. The van der Waals surface area contributed by atoms with Crippen LogP contribution in [0.4, 0.5) is 5.69 Å². The van der Waals surface area contributed by atoms with Crippen molar-refractivity contribution in [2.75, 3.05) is 0 Å². The first-order valence-electron chi connectivity index (χ1n) is 9.53. The Morgan fingerprint density at radius 2 is 1.93 bits per heavy atom. The Hall–Kier alpha value is -3.05. The molecule has 1 fully saturated rings. The summed E-state index contributed by atoms with van der Waals surface area (Å²) in [7, 11) is 0. The molecule has 4 rings (SSSR count). The molecule has 1 N–H and O–H groups in total. The van der Waals surface area contributed by atoms with Gasteiger partial charge in [-0.2, -0.15) is 0 Å². The van der Waals surface area contributed by atoms with Gasteiger partial charge in [-0.15, -0.1) is 6.58 Å². The van der Waals surface area contributed by atoms with Gasteiger partial charge in [0, 0.05) is 28.7 Å². The lowest BCUT2D eigenvalue weighted by atomic mass is 10.1. The minimum atomic E-state index is -0.113. The number of thioether (sulfide) groups is 1. The quantitative estimate of drug-likeness (QED) is 0.454. The number of rotatable bonds is 4. The molecule has 0 bridgehead atoms. The molecule has 0 unspecified atom stereocenters. The molecule has 0 atom stereocenters. The van der Waals surface area contributed by atoms with E-state index in [9.17, 15) is 4.79 Å². The van der Waals surface area contributed by atoms with Crippen molar-refractivity contribution < 1.29 is 4.79 Å². The maximum Gasteiger partial charge on any atom is 0.264 e. The lowest BCUT2D eigenvalue weighted by Gasteiger charge is -2.04. The number of hydrogen-bond acceptors (Lipinski definition) is 3. The first kappa shape index (κ1) is 19.3. The van der Waals surface area contributed by atoms with Gasteiger partial charge in [-0.3, -0.25) is 4.79 Å². The third kappa shape index (κ3) is 3.66. The molecular formula is C24H23N3OS. The molecule has 3 aromatic rings. The van der Waals surface area contributed by atoms with Crippen molar-refractivity contribution in [2.45, 2.75) is 27.3 Å². The van der Waals surface area contributed by atoms with Crippen molar-refractivity contribution in [1.82, 2.24) is 9.88 Å². The van der Waals surface area contributed by atoms with Crippen LogP contribution in [0.2, 0.25) is 0 Å². The van der Waals surface area contributed by atoms with E-state index < -0.39 is 0 Å². The molecule has 5 heteroatoms. The molecule has 0 radical (unpaired) electrons. The van der Waals surface area contributed by atoms with E-state index in [1.807, 2.05) is 42.5 Å². The van der Waals surface area contributed by atoms with Crippen LogP contribution in [0.25, 0.3) is 17.0 Å². The summed E-state index contributed by atoms with van der Waals surface area (Å²) >= 11 is 1.38. The molecule has 1 aliphatic heterocycles. The molecule has 0 spiro atoms. The maximum absolute atomic E-state index is 12.6. The molecule has 29 heavy (non-hydrogen) atoms. The third-order valence-electron chi connectivity index (χ3n) is 5.24. The number of nitrogens with zero attached hydrogens (tertiary/aromatic N) is 2. The highest BCUT2D eigenvalue weighted by Gasteiger charge is 2.25. The molecular weight excluding hydrogens is 378 g/mol. The van der Waals surface area contributed by atoms with Gasteiger partial charge in [-0.05, 0) is 67.9 Å². The second-order valence-electron chi connectivity index (χ2n) is 7.17. The number of carbonyl (C=O) groups is 1. The SMILES string of the molecule is C=CCn1c(C)c(C=C2SC(=Nc3ccc(C)c(C)c3)NC2=O)c2ccccc21. The van der Waals surface area contributed by atoms with Crippen LogP contribution >= 0.6 is 11.8 Å². The van der Waals surface area contributed by atoms with Gasteiger partial charge < -0.3 is 9.88 Å². The van der Waals surface area contributed by atoms with Crippen molar-refractivity contribution in [2.24, 2.45) is 4.99 Å². The van der Waals surface area contributed by atoms with Crippen LogP contribution in [0.15, 0.2) is 65.0 Å². The second-order valence-corrected chi connectivity index (χ2v) is 8.20. The molecule has 1 saturated heterocycles. The average Bonchev–Trinajstić information content (AvgIpc) is 3.17. The monoisotopic (exact) mass is 401 g/mol. The average molecular weight is 402 g/mol. The Bertz CT molecular complexity index is 1200. The summed E-state index contributed by atoms with van der Waals surface area (Å²) in [5.41, 5.74) is 6.57. The zero-order chi connectivity index (χ0) is 20.5. The van der Waals surface area contributed by atoms with Crippen molar-refractivity contribution in [1.29, 1.82) is 0 Å². The summed E-state index contributed by atoms with van der Waals surface area (Å²) in [6.07, 6.45) is 3.86. The van der Waals surface area contributed by atoms with Gasteiger partial charge in [0.15, 0.2) is 5.17 Å². The van der Waals surface area contributed by atoms with Crippen LogP contribution in [-0.4, -0.2) is 15.6 Å².